The van der Waals surface area contributed by atoms with E-state index < -0.39 is 53.1 Å². The minimum absolute atomic E-state index is 0.0745. The lowest BCUT2D eigenvalue weighted by Crippen LogP contribution is -2.32. The number of nitrogens with zero attached hydrogens (tertiary/aromatic N) is 2. The molecule has 1 aliphatic carbocycles. The second-order valence-electron chi connectivity index (χ2n) is 12.5. The predicted octanol–water partition coefficient (Wildman–Crippen LogP) is 7.29. The minimum atomic E-state index is -1.59. The number of aliphatic hydroxyl groups excluding tert-OH is 1. The standard InChI is InChI=1S/C35H28ClF4N3O5/c1-34(22-6-5-19(36)13-25(22)39)47-28-4-2-3-20(32(28)48-34)17-9-23(37)21(24(38)10-17)14-30-42-31-26(40)11-18(33(45)46)12-27(31)43(30)16-35(7-8-35)15-29(41)44/h2-6,9-13,29,44H,7-8,14-16,41H2,1H3,(H,45,46). The molecule has 1 aromatic heterocycles. The van der Waals surface area contributed by atoms with Crippen molar-refractivity contribution in [2.24, 2.45) is 11.1 Å². The normalized spacial score (nSPS) is 18.3. The maximum atomic E-state index is 15.9. The number of halogens is 5. The van der Waals surface area contributed by atoms with E-state index in [4.69, 9.17) is 26.8 Å². The van der Waals surface area contributed by atoms with E-state index in [0.29, 0.717) is 18.4 Å². The molecule has 1 saturated carbocycles. The van der Waals surface area contributed by atoms with Gasteiger partial charge in [0.2, 0.25) is 0 Å². The van der Waals surface area contributed by atoms with Crippen LogP contribution in [0.1, 0.15) is 53.5 Å². The van der Waals surface area contributed by atoms with Crippen LogP contribution in [0, 0.1) is 28.7 Å². The third-order valence-electron chi connectivity index (χ3n) is 9.01. The quantitative estimate of drug-likeness (QED) is 0.110. The highest BCUT2D eigenvalue weighted by Gasteiger charge is 2.45. The fraction of sp³-hybridized carbons (Fsp3) is 0.257. The zero-order valence-electron chi connectivity index (χ0n) is 25.4. The van der Waals surface area contributed by atoms with Crippen LogP contribution in [0.3, 0.4) is 0 Å². The van der Waals surface area contributed by atoms with Crippen LogP contribution in [0.4, 0.5) is 17.6 Å². The number of aromatic carboxylic acids is 1. The van der Waals surface area contributed by atoms with Gasteiger partial charge in [-0.3, -0.25) is 0 Å². The van der Waals surface area contributed by atoms with Crippen molar-refractivity contribution in [1.82, 2.24) is 9.55 Å². The molecule has 0 bridgehead atoms. The van der Waals surface area contributed by atoms with Crippen LogP contribution in [0.15, 0.2) is 60.7 Å². The molecule has 13 heteroatoms. The van der Waals surface area contributed by atoms with Crippen LogP contribution >= 0.6 is 11.6 Å². The molecule has 8 nitrogen and oxygen atoms in total. The van der Waals surface area contributed by atoms with Crippen molar-refractivity contribution in [1.29, 1.82) is 0 Å². The zero-order valence-corrected chi connectivity index (χ0v) is 26.1. The number of hydrogen-bond acceptors (Lipinski definition) is 6. The van der Waals surface area contributed by atoms with Gasteiger partial charge in [-0.1, -0.05) is 23.7 Å². The number of nitrogens with two attached hydrogens (primary N) is 1. The van der Waals surface area contributed by atoms with E-state index in [2.05, 4.69) is 4.98 Å². The maximum Gasteiger partial charge on any atom is 0.335 e. The van der Waals surface area contributed by atoms with Crippen molar-refractivity contribution >= 4 is 28.6 Å². The van der Waals surface area contributed by atoms with Gasteiger partial charge in [0.05, 0.1) is 16.6 Å². The van der Waals surface area contributed by atoms with E-state index in [-0.39, 0.29) is 68.6 Å². The molecule has 248 valence electrons. The smallest absolute Gasteiger partial charge is 0.335 e. The average molecular weight is 682 g/mol. The number of rotatable bonds is 9. The summed E-state index contributed by atoms with van der Waals surface area (Å²) in [6.45, 7) is 1.69. The predicted molar refractivity (Wildman–Crippen MR) is 168 cm³/mol. The van der Waals surface area contributed by atoms with Gasteiger partial charge < -0.3 is 30.0 Å². The summed E-state index contributed by atoms with van der Waals surface area (Å²) in [4.78, 5) is 16.1. The Labute approximate surface area is 276 Å². The van der Waals surface area contributed by atoms with Gasteiger partial charge in [0.1, 0.15) is 35.0 Å². The second-order valence-corrected chi connectivity index (χ2v) is 13.0. The first-order valence-electron chi connectivity index (χ1n) is 15.1. The Kier molecular flexibility index (Phi) is 7.65. The minimum Gasteiger partial charge on any atom is -0.478 e. The van der Waals surface area contributed by atoms with Gasteiger partial charge in [0, 0.05) is 36.0 Å². The molecule has 4 N–H and O–H groups in total. The Morgan fingerprint density at radius 2 is 1.75 bits per heavy atom. The number of ether oxygens (including phenoxy) is 2. The molecule has 1 aliphatic heterocycles. The summed E-state index contributed by atoms with van der Waals surface area (Å²) in [6.07, 6.45) is 0.0971. The van der Waals surface area contributed by atoms with Crippen molar-refractivity contribution in [3.05, 3.63) is 111 Å². The van der Waals surface area contributed by atoms with Gasteiger partial charge in [-0.25, -0.2) is 27.3 Å². The summed E-state index contributed by atoms with van der Waals surface area (Å²) in [5.41, 5.74) is 5.02. The van der Waals surface area contributed by atoms with Crippen LogP contribution < -0.4 is 15.2 Å². The number of carboxylic acid groups (broad SMARTS) is 1. The van der Waals surface area contributed by atoms with E-state index in [1.807, 2.05) is 0 Å². The van der Waals surface area contributed by atoms with Crippen LogP contribution in [0.2, 0.25) is 5.02 Å². The SMILES string of the molecule is CC1(c2ccc(Cl)cc2F)Oc2cccc(-c3cc(F)c(Cc4nc5c(F)cc(C(=O)O)cc5n4CC4(CC(N)O)CC4)c(F)c3)c2O1. The second kappa shape index (κ2) is 11.5. The highest BCUT2D eigenvalue weighted by atomic mass is 35.5. The van der Waals surface area contributed by atoms with Crippen molar-refractivity contribution in [2.75, 3.05) is 0 Å². The first-order valence-corrected chi connectivity index (χ1v) is 15.4. The topological polar surface area (TPSA) is 120 Å². The Morgan fingerprint density at radius 1 is 1.02 bits per heavy atom. The Hall–Kier alpha value is -4.65. The highest BCUT2D eigenvalue weighted by Crippen LogP contribution is 2.52. The van der Waals surface area contributed by atoms with Crippen molar-refractivity contribution < 1.29 is 42.0 Å². The van der Waals surface area contributed by atoms with Crippen molar-refractivity contribution in [3.8, 4) is 22.6 Å². The zero-order chi connectivity index (χ0) is 34.1. The largest absolute Gasteiger partial charge is 0.478 e. The first-order chi connectivity index (χ1) is 22.8. The molecule has 7 rings (SSSR count). The van der Waals surface area contributed by atoms with Crippen LogP contribution in [0.5, 0.6) is 11.5 Å². The molecule has 2 atom stereocenters. The molecule has 2 aliphatic rings. The van der Waals surface area contributed by atoms with E-state index >= 15 is 13.2 Å². The highest BCUT2D eigenvalue weighted by molar-refractivity contribution is 6.30. The number of imidazole rings is 1. The van der Waals surface area contributed by atoms with E-state index in [1.165, 1.54) is 25.1 Å². The molecule has 0 spiro atoms. The molecule has 2 unspecified atom stereocenters. The molecule has 0 saturated heterocycles. The molecular weight excluding hydrogens is 654 g/mol. The van der Waals surface area contributed by atoms with Gasteiger partial charge in [-0.15, -0.1) is 0 Å². The number of carbonyl (C=O) groups is 1. The Bertz CT molecular complexity index is 2110. The molecule has 5 aromatic rings. The lowest BCUT2D eigenvalue weighted by Gasteiger charge is -2.24. The number of para-hydroxylation sites is 1. The fourth-order valence-electron chi connectivity index (χ4n) is 6.45. The van der Waals surface area contributed by atoms with Gasteiger partial charge >= 0.3 is 5.97 Å². The molecule has 2 heterocycles. The third kappa shape index (κ3) is 5.63. The maximum absolute atomic E-state index is 15.9. The van der Waals surface area contributed by atoms with Gasteiger partial charge in [-0.2, -0.15) is 0 Å². The Morgan fingerprint density at radius 3 is 2.40 bits per heavy atom. The van der Waals surface area contributed by atoms with Crippen LogP contribution in [-0.4, -0.2) is 32.0 Å². The molecule has 48 heavy (non-hydrogen) atoms. The molecular formula is C35H28ClF4N3O5. The van der Waals surface area contributed by atoms with Crippen LogP contribution in [0.25, 0.3) is 22.2 Å². The molecule has 0 amide bonds. The van der Waals surface area contributed by atoms with E-state index in [1.54, 1.807) is 22.8 Å². The van der Waals surface area contributed by atoms with Crippen molar-refractivity contribution in [3.63, 3.8) is 0 Å². The lowest BCUT2D eigenvalue weighted by atomic mass is 9.99. The van der Waals surface area contributed by atoms with E-state index in [0.717, 1.165) is 24.3 Å². The summed E-state index contributed by atoms with van der Waals surface area (Å²) in [5, 5.41) is 19.6. The molecule has 4 aromatic carbocycles. The molecule has 1 fully saturated rings. The number of carboxylic acids is 1. The fourth-order valence-corrected chi connectivity index (χ4v) is 6.61. The number of aromatic nitrogens is 2. The van der Waals surface area contributed by atoms with Gasteiger partial charge in [-0.05, 0) is 78.8 Å². The summed E-state index contributed by atoms with van der Waals surface area (Å²) in [6, 6.07) is 13.2. The van der Waals surface area contributed by atoms with Crippen molar-refractivity contribution in [2.45, 2.75) is 51.2 Å². The average Bonchev–Trinajstić information content (AvgIpc) is 3.52. The Balaban J connectivity index is 1.26. The number of aliphatic hydroxyl groups is 1. The summed E-state index contributed by atoms with van der Waals surface area (Å²) in [7, 11) is 0. The van der Waals surface area contributed by atoms with Gasteiger partial charge in [0.15, 0.2) is 17.3 Å². The first kappa shape index (κ1) is 31.9. The number of benzene rings is 4. The monoisotopic (exact) mass is 681 g/mol. The number of fused-ring (bicyclic) bond motifs is 2. The van der Waals surface area contributed by atoms with Crippen LogP contribution in [-0.2, 0) is 18.8 Å². The number of hydrogen-bond donors (Lipinski definition) is 3. The third-order valence-corrected chi connectivity index (χ3v) is 9.25. The summed E-state index contributed by atoms with van der Waals surface area (Å²) in [5.74, 6) is -5.82. The molecule has 0 radical (unpaired) electrons. The van der Waals surface area contributed by atoms with Gasteiger partial charge in [0.25, 0.3) is 5.79 Å². The summed E-state index contributed by atoms with van der Waals surface area (Å²) < 4.78 is 75.3. The summed E-state index contributed by atoms with van der Waals surface area (Å²) >= 11 is 5.91. The van der Waals surface area contributed by atoms with E-state index in [9.17, 15) is 19.4 Å². The lowest BCUT2D eigenvalue weighted by molar-refractivity contribution is -0.0705.